The number of halogens is 1. The molecule has 0 aliphatic heterocycles. The number of carbonyl (C=O) groups is 1. The van der Waals surface area contributed by atoms with Gasteiger partial charge in [-0.1, -0.05) is 12.2 Å². The molecule has 0 atom stereocenters. The van der Waals surface area contributed by atoms with Gasteiger partial charge in [-0.3, -0.25) is 0 Å². The smallest absolute Gasteiger partial charge is 0.367 e. The van der Waals surface area contributed by atoms with Gasteiger partial charge in [-0.15, -0.1) is 0 Å². The van der Waals surface area contributed by atoms with E-state index in [0.29, 0.717) is 0 Å². The van der Waals surface area contributed by atoms with E-state index >= 15 is 0 Å². The molecule has 0 unspecified atom stereocenters. The molecule has 0 spiro atoms. The van der Waals surface area contributed by atoms with Crippen LogP contribution in [0, 0.1) is 20.8 Å². The Morgan fingerprint density at radius 2 is 1.91 bits per heavy atom. The zero-order valence-corrected chi connectivity index (χ0v) is 14.0. The third kappa shape index (κ3) is 3.97. The van der Waals surface area contributed by atoms with Gasteiger partial charge in [0.25, 0.3) is 0 Å². The Bertz CT molecular complexity index is 628. The van der Waals surface area contributed by atoms with Crippen LogP contribution in [-0.2, 0) is 9.53 Å². The van der Waals surface area contributed by atoms with Gasteiger partial charge in [0.15, 0.2) is 0 Å². The maximum atomic E-state index is 13.8. The fraction of sp³-hybridized carbons (Fsp3) is 0.389. The Kier molecular flexibility index (Phi) is 6.35. The normalized spacial score (nSPS) is 12.3. The van der Waals surface area contributed by atoms with E-state index in [1.165, 1.54) is 0 Å². The lowest BCUT2D eigenvalue weighted by atomic mass is 9.96. The van der Waals surface area contributed by atoms with Crippen molar-refractivity contribution in [2.75, 3.05) is 13.7 Å². The summed E-state index contributed by atoms with van der Waals surface area (Å²) < 4.78 is 23.8. The zero-order chi connectivity index (χ0) is 16.9. The molecule has 120 valence electrons. The number of carbonyl (C=O) groups excluding carboxylic acids is 1. The van der Waals surface area contributed by atoms with E-state index < -0.39 is 11.8 Å². The van der Waals surface area contributed by atoms with Crippen molar-refractivity contribution in [3.05, 3.63) is 45.8 Å². The highest BCUT2D eigenvalue weighted by Gasteiger charge is 2.12. The van der Waals surface area contributed by atoms with Gasteiger partial charge in [0.05, 0.1) is 13.7 Å². The van der Waals surface area contributed by atoms with Crippen molar-refractivity contribution in [1.82, 2.24) is 0 Å². The number of allylic oxidation sites excluding steroid dienone is 2. The lowest BCUT2D eigenvalue weighted by molar-refractivity contribution is -0.140. The van der Waals surface area contributed by atoms with Gasteiger partial charge >= 0.3 is 5.97 Å². The Hall–Kier alpha value is -2.10. The molecule has 0 radical (unpaired) electrons. The van der Waals surface area contributed by atoms with Gasteiger partial charge in [0, 0.05) is 0 Å². The van der Waals surface area contributed by atoms with Crippen LogP contribution in [0.25, 0.3) is 6.08 Å². The van der Waals surface area contributed by atoms with Crippen molar-refractivity contribution in [1.29, 1.82) is 0 Å². The summed E-state index contributed by atoms with van der Waals surface area (Å²) in [5.74, 6) is -0.959. The highest BCUT2D eigenvalue weighted by molar-refractivity contribution is 5.87. The van der Waals surface area contributed by atoms with Crippen molar-refractivity contribution in [2.45, 2.75) is 34.6 Å². The van der Waals surface area contributed by atoms with Gasteiger partial charge in [0.2, 0.25) is 5.83 Å². The fourth-order valence-electron chi connectivity index (χ4n) is 2.17. The van der Waals surface area contributed by atoms with Gasteiger partial charge in [-0.25, -0.2) is 4.79 Å². The summed E-state index contributed by atoms with van der Waals surface area (Å²) in [5, 5.41) is 0. The standard InChI is InChI=1S/C18H23FO3/c1-7-22-18(20)17(19)11(2)8-9-15-12(3)10-16(21-6)14(5)13(15)4/h8-10H,7H2,1-6H3/b9-8+,17-11-. The maximum Gasteiger partial charge on any atom is 0.367 e. The van der Waals surface area contributed by atoms with Crippen LogP contribution in [0.5, 0.6) is 5.75 Å². The molecule has 0 amide bonds. The predicted octanol–water partition coefficient (Wildman–Crippen LogP) is 4.44. The lowest BCUT2D eigenvalue weighted by Gasteiger charge is -2.13. The Morgan fingerprint density at radius 3 is 2.45 bits per heavy atom. The predicted molar refractivity (Wildman–Crippen MR) is 86.7 cm³/mol. The quantitative estimate of drug-likeness (QED) is 0.458. The van der Waals surface area contributed by atoms with E-state index in [2.05, 4.69) is 4.74 Å². The van der Waals surface area contributed by atoms with Crippen molar-refractivity contribution in [2.24, 2.45) is 0 Å². The molecule has 0 fully saturated rings. The van der Waals surface area contributed by atoms with E-state index in [-0.39, 0.29) is 12.2 Å². The van der Waals surface area contributed by atoms with Crippen LogP contribution in [-0.4, -0.2) is 19.7 Å². The number of methoxy groups -OCH3 is 1. The van der Waals surface area contributed by atoms with Gasteiger partial charge in [-0.05, 0) is 68.5 Å². The summed E-state index contributed by atoms with van der Waals surface area (Å²) in [5.41, 5.74) is 4.37. The first-order valence-electron chi connectivity index (χ1n) is 7.19. The van der Waals surface area contributed by atoms with Crippen LogP contribution >= 0.6 is 0 Å². The van der Waals surface area contributed by atoms with E-state index in [0.717, 1.165) is 28.0 Å². The molecule has 0 aliphatic carbocycles. The summed E-state index contributed by atoms with van der Waals surface area (Å²) >= 11 is 0. The van der Waals surface area contributed by atoms with Crippen LogP contribution < -0.4 is 4.74 Å². The molecule has 0 heterocycles. The SMILES string of the molecule is CCOC(=O)/C(F)=C(C)/C=C/c1c(C)cc(OC)c(C)c1C. The third-order valence-corrected chi connectivity index (χ3v) is 3.63. The molecule has 0 saturated carbocycles. The Balaban J connectivity index is 3.17. The molecule has 22 heavy (non-hydrogen) atoms. The summed E-state index contributed by atoms with van der Waals surface area (Å²) in [7, 11) is 1.64. The van der Waals surface area contributed by atoms with Crippen LogP contribution in [0.2, 0.25) is 0 Å². The summed E-state index contributed by atoms with van der Waals surface area (Å²) in [6.45, 7) is 9.28. The second-order valence-electron chi connectivity index (χ2n) is 5.11. The largest absolute Gasteiger partial charge is 0.496 e. The highest BCUT2D eigenvalue weighted by atomic mass is 19.1. The molecule has 4 heteroatoms. The maximum absolute atomic E-state index is 13.8. The third-order valence-electron chi connectivity index (χ3n) is 3.63. The lowest BCUT2D eigenvalue weighted by Crippen LogP contribution is -2.05. The summed E-state index contributed by atoms with van der Waals surface area (Å²) in [6.07, 6.45) is 3.40. The van der Waals surface area contributed by atoms with Crippen molar-refractivity contribution in [3.63, 3.8) is 0 Å². The molecule has 0 aliphatic rings. The minimum atomic E-state index is -0.927. The van der Waals surface area contributed by atoms with Gasteiger partial charge in [-0.2, -0.15) is 4.39 Å². The first-order valence-corrected chi connectivity index (χ1v) is 7.19. The van der Waals surface area contributed by atoms with Crippen LogP contribution in [0.1, 0.15) is 36.1 Å². The minimum absolute atomic E-state index is 0.152. The first kappa shape index (κ1) is 18.0. The molecule has 3 nitrogen and oxygen atoms in total. The average Bonchev–Trinajstić information content (AvgIpc) is 2.49. The second-order valence-corrected chi connectivity index (χ2v) is 5.11. The van der Waals surface area contributed by atoms with E-state index in [4.69, 9.17) is 4.74 Å². The zero-order valence-electron chi connectivity index (χ0n) is 14.0. The molecule has 1 aromatic carbocycles. The molecule has 0 N–H and O–H groups in total. The molecular weight excluding hydrogens is 283 g/mol. The first-order chi connectivity index (χ1) is 10.3. The summed E-state index contributed by atoms with van der Waals surface area (Å²) in [4.78, 5) is 11.4. The molecule has 1 rings (SSSR count). The van der Waals surface area contributed by atoms with Gasteiger partial charge in [0.1, 0.15) is 5.75 Å². The number of benzene rings is 1. The number of hydrogen-bond donors (Lipinski definition) is 0. The van der Waals surface area contributed by atoms with E-state index in [1.807, 2.05) is 32.9 Å². The second kappa shape index (κ2) is 7.78. The van der Waals surface area contributed by atoms with Crippen LogP contribution in [0.15, 0.2) is 23.5 Å². The molecular formula is C18H23FO3. The summed E-state index contributed by atoms with van der Waals surface area (Å²) in [6, 6.07) is 1.95. The topological polar surface area (TPSA) is 35.5 Å². The Morgan fingerprint density at radius 1 is 1.27 bits per heavy atom. The number of esters is 1. The molecule has 0 saturated heterocycles. The molecule has 1 aromatic rings. The average molecular weight is 306 g/mol. The number of aryl methyl sites for hydroxylation is 1. The Labute approximate surface area is 131 Å². The van der Waals surface area contributed by atoms with Crippen LogP contribution in [0.4, 0.5) is 4.39 Å². The highest BCUT2D eigenvalue weighted by Crippen LogP contribution is 2.28. The van der Waals surface area contributed by atoms with Crippen LogP contribution in [0.3, 0.4) is 0 Å². The monoisotopic (exact) mass is 306 g/mol. The molecule has 0 aromatic heterocycles. The van der Waals surface area contributed by atoms with E-state index in [9.17, 15) is 9.18 Å². The van der Waals surface area contributed by atoms with Crippen molar-refractivity contribution >= 4 is 12.0 Å². The molecule has 0 bridgehead atoms. The minimum Gasteiger partial charge on any atom is -0.496 e. The number of hydrogen-bond acceptors (Lipinski definition) is 3. The van der Waals surface area contributed by atoms with Crippen molar-refractivity contribution in [3.8, 4) is 5.75 Å². The fourth-order valence-corrected chi connectivity index (χ4v) is 2.17. The van der Waals surface area contributed by atoms with Gasteiger partial charge < -0.3 is 9.47 Å². The number of ether oxygens (including phenoxy) is 2. The van der Waals surface area contributed by atoms with E-state index in [1.54, 1.807) is 27.0 Å². The van der Waals surface area contributed by atoms with Crippen molar-refractivity contribution < 1.29 is 18.7 Å². The number of rotatable bonds is 5.